The molecule has 0 spiro atoms. The number of fused-ring (bicyclic) bond motifs is 1. The molecule has 100 valence electrons. The van der Waals surface area contributed by atoms with Crippen molar-refractivity contribution in [1.82, 2.24) is 9.97 Å². The quantitative estimate of drug-likeness (QED) is 0.892. The van der Waals surface area contributed by atoms with Gasteiger partial charge in [-0.2, -0.15) is 0 Å². The average Bonchev–Trinajstić information content (AvgIpc) is 2.35. The molecule has 0 saturated heterocycles. The average molecular weight is 250 g/mol. The van der Waals surface area contributed by atoms with Crippen molar-refractivity contribution in [3.8, 4) is 0 Å². The highest BCUT2D eigenvalue weighted by atomic mass is 16.5. The van der Waals surface area contributed by atoms with Gasteiger partial charge in [0.1, 0.15) is 11.9 Å². The van der Waals surface area contributed by atoms with Crippen molar-refractivity contribution < 1.29 is 4.74 Å². The first-order chi connectivity index (χ1) is 8.63. The molecule has 1 aliphatic carbocycles. The summed E-state index contributed by atoms with van der Waals surface area (Å²) in [5.74, 6) is 0.993. The lowest BCUT2D eigenvalue weighted by Crippen LogP contribution is -2.26. The van der Waals surface area contributed by atoms with Crippen LogP contribution in [-0.2, 0) is 17.6 Å². The van der Waals surface area contributed by atoms with Crippen LogP contribution < -0.4 is 5.56 Å². The first-order valence-electron chi connectivity index (χ1n) is 6.87. The molecular formula is C14H22N2O2. The monoisotopic (exact) mass is 250 g/mol. The van der Waals surface area contributed by atoms with Crippen LogP contribution in [0.5, 0.6) is 0 Å². The minimum absolute atomic E-state index is 0.0278. The zero-order valence-electron chi connectivity index (χ0n) is 11.5. The third-order valence-electron chi connectivity index (χ3n) is 3.43. The number of nitrogens with one attached hydrogen (secondary N) is 1. The highest BCUT2D eigenvalue weighted by Gasteiger charge is 2.22. The Kier molecular flexibility index (Phi) is 4.17. The standard InChI is InChI=1S/C14H22N2O2/c1-4-18-12(9(2)3)13-15-11-8-6-5-7-10(11)14(17)16-13/h9,12H,4-8H2,1-3H3,(H,15,16,17). The zero-order chi connectivity index (χ0) is 13.1. The van der Waals surface area contributed by atoms with E-state index in [4.69, 9.17) is 4.74 Å². The van der Waals surface area contributed by atoms with E-state index in [0.717, 1.165) is 36.9 Å². The van der Waals surface area contributed by atoms with Gasteiger partial charge in [0.25, 0.3) is 5.56 Å². The Labute approximate surface area is 108 Å². The minimum Gasteiger partial charge on any atom is -0.370 e. The van der Waals surface area contributed by atoms with E-state index in [1.165, 1.54) is 0 Å². The summed E-state index contributed by atoms with van der Waals surface area (Å²) in [6, 6.07) is 0. The number of H-pyrrole nitrogens is 1. The predicted octanol–water partition coefficient (Wildman–Crippen LogP) is 2.38. The normalized spacial score (nSPS) is 16.7. The lowest BCUT2D eigenvalue weighted by Gasteiger charge is -2.22. The number of aromatic amines is 1. The smallest absolute Gasteiger partial charge is 0.254 e. The fourth-order valence-electron chi connectivity index (χ4n) is 2.52. The highest BCUT2D eigenvalue weighted by molar-refractivity contribution is 5.21. The molecule has 4 heteroatoms. The van der Waals surface area contributed by atoms with Gasteiger partial charge in [0.05, 0.1) is 5.69 Å². The van der Waals surface area contributed by atoms with Crippen LogP contribution >= 0.6 is 0 Å². The van der Waals surface area contributed by atoms with Gasteiger partial charge in [0.2, 0.25) is 0 Å². The summed E-state index contributed by atoms with van der Waals surface area (Å²) in [7, 11) is 0. The fraction of sp³-hybridized carbons (Fsp3) is 0.714. The van der Waals surface area contributed by atoms with Crippen molar-refractivity contribution in [2.75, 3.05) is 6.61 Å². The number of nitrogens with zero attached hydrogens (tertiary/aromatic N) is 1. The summed E-state index contributed by atoms with van der Waals surface area (Å²) >= 11 is 0. The molecule has 1 unspecified atom stereocenters. The van der Waals surface area contributed by atoms with E-state index in [1.807, 2.05) is 6.92 Å². The summed E-state index contributed by atoms with van der Waals surface area (Å²) in [5, 5.41) is 0. The van der Waals surface area contributed by atoms with Gasteiger partial charge in [-0.05, 0) is 38.5 Å². The number of ether oxygens (including phenoxy) is 1. The molecule has 0 aromatic carbocycles. The summed E-state index contributed by atoms with van der Waals surface area (Å²) in [6.45, 7) is 6.76. The fourth-order valence-corrected chi connectivity index (χ4v) is 2.52. The zero-order valence-corrected chi connectivity index (χ0v) is 11.5. The molecule has 0 amide bonds. The highest BCUT2D eigenvalue weighted by Crippen LogP contribution is 2.24. The molecule has 0 saturated carbocycles. The third kappa shape index (κ3) is 2.64. The number of aryl methyl sites for hydroxylation is 1. The molecule has 1 N–H and O–H groups in total. The molecule has 1 atom stereocenters. The van der Waals surface area contributed by atoms with Gasteiger partial charge in [-0.25, -0.2) is 4.98 Å². The largest absolute Gasteiger partial charge is 0.370 e. The molecule has 1 heterocycles. The predicted molar refractivity (Wildman–Crippen MR) is 70.7 cm³/mol. The van der Waals surface area contributed by atoms with Gasteiger partial charge >= 0.3 is 0 Å². The lowest BCUT2D eigenvalue weighted by molar-refractivity contribution is 0.0228. The van der Waals surface area contributed by atoms with Crippen LogP contribution in [-0.4, -0.2) is 16.6 Å². The second kappa shape index (κ2) is 5.65. The summed E-state index contributed by atoms with van der Waals surface area (Å²) < 4.78 is 5.70. The van der Waals surface area contributed by atoms with Gasteiger partial charge < -0.3 is 9.72 Å². The number of hydrogen-bond donors (Lipinski definition) is 1. The van der Waals surface area contributed by atoms with E-state index in [0.29, 0.717) is 18.3 Å². The molecule has 18 heavy (non-hydrogen) atoms. The Hall–Kier alpha value is -1.16. The Morgan fingerprint density at radius 1 is 1.33 bits per heavy atom. The first-order valence-corrected chi connectivity index (χ1v) is 6.87. The van der Waals surface area contributed by atoms with Crippen molar-refractivity contribution in [2.45, 2.75) is 52.6 Å². The minimum atomic E-state index is -0.116. The second-order valence-electron chi connectivity index (χ2n) is 5.20. The molecule has 1 aromatic heterocycles. The molecule has 1 aliphatic rings. The topological polar surface area (TPSA) is 55.0 Å². The van der Waals surface area contributed by atoms with E-state index in [9.17, 15) is 4.79 Å². The molecule has 0 fully saturated rings. The molecule has 4 nitrogen and oxygen atoms in total. The third-order valence-corrected chi connectivity index (χ3v) is 3.43. The van der Waals surface area contributed by atoms with Crippen molar-refractivity contribution in [3.63, 3.8) is 0 Å². The summed E-state index contributed by atoms with van der Waals surface area (Å²) in [6.07, 6.45) is 3.89. The van der Waals surface area contributed by atoms with Crippen LogP contribution in [0.25, 0.3) is 0 Å². The SMILES string of the molecule is CCOC(c1nc2c(c(=O)[nH]1)CCCC2)C(C)C. The Morgan fingerprint density at radius 3 is 2.72 bits per heavy atom. The van der Waals surface area contributed by atoms with E-state index in [2.05, 4.69) is 23.8 Å². The van der Waals surface area contributed by atoms with Crippen LogP contribution in [0.3, 0.4) is 0 Å². The van der Waals surface area contributed by atoms with Crippen LogP contribution in [0.15, 0.2) is 4.79 Å². The molecule has 1 aromatic rings. The first kappa shape index (κ1) is 13.3. The van der Waals surface area contributed by atoms with Crippen molar-refractivity contribution in [2.24, 2.45) is 5.92 Å². The molecule has 0 radical (unpaired) electrons. The van der Waals surface area contributed by atoms with Crippen molar-refractivity contribution in [1.29, 1.82) is 0 Å². The maximum absolute atomic E-state index is 12.1. The molecule has 0 aliphatic heterocycles. The number of hydrogen-bond acceptors (Lipinski definition) is 3. The Morgan fingerprint density at radius 2 is 2.06 bits per heavy atom. The van der Waals surface area contributed by atoms with Crippen LogP contribution in [0.4, 0.5) is 0 Å². The van der Waals surface area contributed by atoms with Gasteiger partial charge in [-0.1, -0.05) is 13.8 Å². The van der Waals surface area contributed by atoms with Crippen LogP contribution in [0, 0.1) is 5.92 Å². The van der Waals surface area contributed by atoms with E-state index < -0.39 is 0 Å². The summed E-state index contributed by atoms with van der Waals surface area (Å²) in [5.41, 5.74) is 1.88. The van der Waals surface area contributed by atoms with Gasteiger partial charge in [-0.3, -0.25) is 4.79 Å². The van der Waals surface area contributed by atoms with E-state index in [1.54, 1.807) is 0 Å². The second-order valence-corrected chi connectivity index (χ2v) is 5.20. The number of rotatable bonds is 4. The van der Waals surface area contributed by atoms with Crippen LogP contribution in [0.1, 0.15) is 56.8 Å². The van der Waals surface area contributed by atoms with Crippen molar-refractivity contribution >= 4 is 0 Å². The maximum Gasteiger partial charge on any atom is 0.254 e. The number of aromatic nitrogens is 2. The van der Waals surface area contributed by atoms with Gasteiger partial charge in [-0.15, -0.1) is 0 Å². The maximum atomic E-state index is 12.1. The van der Waals surface area contributed by atoms with E-state index in [-0.39, 0.29) is 11.7 Å². The van der Waals surface area contributed by atoms with Gasteiger partial charge in [0, 0.05) is 12.2 Å². The Bertz CT molecular complexity index is 465. The van der Waals surface area contributed by atoms with Crippen LogP contribution in [0.2, 0.25) is 0 Å². The van der Waals surface area contributed by atoms with E-state index >= 15 is 0 Å². The Balaban J connectivity index is 2.39. The molecule has 0 bridgehead atoms. The van der Waals surface area contributed by atoms with Crippen molar-refractivity contribution in [3.05, 3.63) is 27.4 Å². The van der Waals surface area contributed by atoms with Gasteiger partial charge in [0.15, 0.2) is 0 Å². The molecule has 2 rings (SSSR count). The molecular weight excluding hydrogens is 228 g/mol. The summed E-state index contributed by atoms with van der Waals surface area (Å²) in [4.78, 5) is 19.6. The lowest BCUT2D eigenvalue weighted by atomic mass is 9.96.